The highest BCUT2D eigenvalue weighted by Crippen LogP contribution is 2.27. The van der Waals surface area contributed by atoms with Crippen LogP contribution >= 0.6 is 0 Å². The summed E-state index contributed by atoms with van der Waals surface area (Å²) in [6.07, 6.45) is 0. The molecule has 0 saturated heterocycles. The quantitative estimate of drug-likeness (QED) is 0.813. The SMILES string of the molecule is CNC(=O)Nc1cccc2cccc(C(=O)OC)c12. The van der Waals surface area contributed by atoms with E-state index in [9.17, 15) is 9.59 Å². The van der Waals surface area contributed by atoms with Crippen LogP contribution in [0.4, 0.5) is 10.5 Å². The van der Waals surface area contributed by atoms with Crippen molar-refractivity contribution in [3.63, 3.8) is 0 Å². The van der Waals surface area contributed by atoms with E-state index in [2.05, 4.69) is 10.6 Å². The number of carbonyl (C=O) groups excluding carboxylic acids is 2. The predicted molar refractivity (Wildman–Crippen MR) is 73.4 cm³/mol. The Morgan fingerprint density at radius 2 is 1.79 bits per heavy atom. The standard InChI is InChI=1S/C14H14N2O3/c1-15-14(18)16-11-8-4-6-9-5-3-7-10(12(9)11)13(17)19-2/h3-8H,1-2H3,(H2,15,16,18). The fourth-order valence-electron chi connectivity index (χ4n) is 1.91. The van der Waals surface area contributed by atoms with Crippen molar-refractivity contribution in [1.82, 2.24) is 5.32 Å². The van der Waals surface area contributed by atoms with Gasteiger partial charge in [0.2, 0.25) is 0 Å². The zero-order valence-corrected chi connectivity index (χ0v) is 10.7. The number of ether oxygens (including phenoxy) is 1. The summed E-state index contributed by atoms with van der Waals surface area (Å²) in [5.74, 6) is -0.434. The number of benzene rings is 2. The van der Waals surface area contributed by atoms with Crippen molar-refractivity contribution < 1.29 is 14.3 Å². The number of hydrogen-bond donors (Lipinski definition) is 2. The number of urea groups is 1. The lowest BCUT2D eigenvalue weighted by Gasteiger charge is -2.11. The van der Waals surface area contributed by atoms with Gasteiger partial charge in [-0.25, -0.2) is 9.59 Å². The van der Waals surface area contributed by atoms with Gasteiger partial charge in [-0.3, -0.25) is 0 Å². The summed E-state index contributed by atoms with van der Waals surface area (Å²) < 4.78 is 4.76. The van der Waals surface area contributed by atoms with Crippen LogP contribution in [0.25, 0.3) is 10.8 Å². The van der Waals surface area contributed by atoms with Crippen molar-refractivity contribution in [1.29, 1.82) is 0 Å². The maximum Gasteiger partial charge on any atom is 0.338 e. The molecular formula is C14H14N2O3. The molecule has 0 heterocycles. The molecule has 2 amide bonds. The maximum atomic E-state index is 11.8. The summed E-state index contributed by atoms with van der Waals surface area (Å²) in [6.45, 7) is 0. The Labute approximate surface area is 110 Å². The van der Waals surface area contributed by atoms with Gasteiger partial charge in [0, 0.05) is 12.4 Å². The number of amides is 2. The molecule has 0 radical (unpaired) electrons. The molecule has 0 atom stereocenters. The van der Waals surface area contributed by atoms with Crippen LogP contribution in [-0.2, 0) is 4.74 Å². The first-order valence-electron chi connectivity index (χ1n) is 5.76. The summed E-state index contributed by atoms with van der Waals surface area (Å²) in [5.41, 5.74) is 0.991. The zero-order chi connectivity index (χ0) is 13.8. The average molecular weight is 258 g/mol. The van der Waals surface area contributed by atoms with E-state index in [1.165, 1.54) is 14.2 Å². The number of methoxy groups -OCH3 is 1. The van der Waals surface area contributed by atoms with Gasteiger partial charge in [0.25, 0.3) is 0 Å². The highest BCUT2D eigenvalue weighted by molar-refractivity contribution is 6.12. The van der Waals surface area contributed by atoms with Gasteiger partial charge < -0.3 is 15.4 Å². The van der Waals surface area contributed by atoms with Crippen molar-refractivity contribution in [2.24, 2.45) is 0 Å². The zero-order valence-electron chi connectivity index (χ0n) is 10.7. The van der Waals surface area contributed by atoms with E-state index < -0.39 is 5.97 Å². The lowest BCUT2D eigenvalue weighted by molar-refractivity contribution is 0.0603. The molecular weight excluding hydrogens is 244 g/mol. The first-order valence-corrected chi connectivity index (χ1v) is 5.76. The van der Waals surface area contributed by atoms with Crippen LogP contribution in [0.1, 0.15) is 10.4 Å². The van der Waals surface area contributed by atoms with Gasteiger partial charge in [0.15, 0.2) is 0 Å². The van der Waals surface area contributed by atoms with Crippen LogP contribution in [0, 0.1) is 0 Å². The maximum absolute atomic E-state index is 11.8. The molecule has 19 heavy (non-hydrogen) atoms. The van der Waals surface area contributed by atoms with Crippen LogP contribution < -0.4 is 10.6 Å². The predicted octanol–water partition coefficient (Wildman–Crippen LogP) is 2.38. The minimum Gasteiger partial charge on any atom is -0.465 e. The van der Waals surface area contributed by atoms with Crippen molar-refractivity contribution >= 4 is 28.5 Å². The Morgan fingerprint density at radius 1 is 1.11 bits per heavy atom. The number of hydrogen-bond acceptors (Lipinski definition) is 3. The molecule has 5 heteroatoms. The second-order valence-electron chi connectivity index (χ2n) is 3.90. The topological polar surface area (TPSA) is 67.4 Å². The summed E-state index contributed by atoms with van der Waals surface area (Å²) in [5, 5.41) is 6.70. The molecule has 0 spiro atoms. The number of rotatable bonds is 2. The summed E-state index contributed by atoms with van der Waals surface area (Å²) >= 11 is 0. The van der Waals surface area contributed by atoms with Crippen LogP contribution in [0.3, 0.4) is 0 Å². The van der Waals surface area contributed by atoms with Gasteiger partial charge in [-0.1, -0.05) is 24.3 Å². The van der Waals surface area contributed by atoms with Crippen LogP contribution in [0.5, 0.6) is 0 Å². The Bertz CT molecular complexity index is 632. The van der Waals surface area contributed by atoms with Gasteiger partial charge in [-0.15, -0.1) is 0 Å². The van der Waals surface area contributed by atoms with Gasteiger partial charge in [0.05, 0.1) is 18.4 Å². The van der Waals surface area contributed by atoms with Crippen molar-refractivity contribution in [3.05, 3.63) is 42.0 Å². The average Bonchev–Trinajstić information content (AvgIpc) is 2.45. The van der Waals surface area contributed by atoms with E-state index in [4.69, 9.17) is 4.74 Å². The lowest BCUT2D eigenvalue weighted by atomic mass is 10.0. The van der Waals surface area contributed by atoms with E-state index in [-0.39, 0.29) is 6.03 Å². The molecule has 0 aromatic heterocycles. The summed E-state index contributed by atoms with van der Waals surface area (Å²) in [7, 11) is 2.86. The van der Waals surface area contributed by atoms with E-state index in [0.717, 1.165) is 5.39 Å². The van der Waals surface area contributed by atoms with E-state index in [1.807, 2.05) is 18.2 Å². The smallest absolute Gasteiger partial charge is 0.338 e. The number of nitrogens with one attached hydrogen (secondary N) is 2. The van der Waals surface area contributed by atoms with Gasteiger partial charge in [-0.2, -0.15) is 0 Å². The molecule has 0 aliphatic carbocycles. The van der Waals surface area contributed by atoms with Crippen LogP contribution in [0.2, 0.25) is 0 Å². The second-order valence-corrected chi connectivity index (χ2v) is 3.90. The molecule has 0 aliphatic heterocycles. The monoisotopic (exact) mass is 258 g/mol. The molecule has 0 aliphatic rings. The Morgan fingerprint density at radius 3 is 2.42 bits per heavy atom. The Balaban J connectivity index is 2.63. The molecule has 2 N–H and O–H groups in total. The molecule has 0 fully saturated rings. The number of fused-ring (bicyclic) bond motifs is 1. The minimum absolute atomic E-state index is 0.341. The highest BCUT2D eigenvalue weighted by Gasteiger charge is 2.14. The lowest BCUT2D eigenvalue weighted by Crippen LogP contribution is -2.24. The Hall–Kier alpha value is -2.56. The first-order chi connectivity index (χ1) is 9.17. The molecule has 2 aromatic carbocycles. The molecule has 5 nitrogen and oxygen atoms in total. The summed E-state index contributed by atoms with van der Waals surface area (Å²) in [4.78, 5) is 23.2. The fraction of sp³-hybridized carbons (Fsp3) is 0.143. The Kier molecular flexibility index (Phi) is 3.66. The third-order valence-corrected chi connectivity index (χ3v) is 2.79. The molecule has 98 valence electrons. The van der Waals surface area contributed by atoms with Gasteiger partial charge in [0.1, 0.15) is 0 Å². The third-order valence-electron chi connectivity index (χ3n) is 2.79. The largest absolute Gasteiger partial charge is 0.465 e. The number of anilines is 1. The first kappa shape index (κ1) is 12.9. The number of esters is 1. The van der Waals surface area contributed by atoms with Crippen LogP contribution in [-0.4, -0.2) is 26.2 Å². The van der Waals surface area contributed by atoms with Crippen molar-refractivity contribution in [2.45, 2.75) is 0 Å². The molecule has 0 bridgehead atoms. The highest BCUT2D eigenvalue weighted by atomic mass is 16.5. The third kappa shape index (κ3) is 2.49. The van der Waals surface area contributed by atoms with Gasteiger partial charge in [-0.05, 0) is 17.5 Å². The minimum atomic E-state index is -0.434. The number of carbonyl (C=O) groups is 2. The van der Waals surface area contributed by atoms with Gasteiger partial charge >= 0.3 is 12.0 Å². The normalized spacial score (nSPS) is 10.0. The molecule has 2 aromatic rings. The second kappa shape index (κ2) is 5.39. The molecule has 0 unspecified atom stereocenters. The van der Waals surface area contributed by atoms with E-state index in [1.54, 1.807) is 18.2 Å². The van der Waals surface area contributed by atoms with E-state index >= 15 is 0 Å². The molecule has 0 saturated carbocycles. The molecule has 2 rings (SSSR count). The van der Waals surface area contributed by atoms with Crippen molar-refractivity contribution in [2.75, 3.05) is 19.5 Å². The summed E-state index contributed by atoms with van der Waals surface area (Å²) in [6, 6.07) is 10.4. The van der Waals surface area contributed by atoms with Crippen molar-refractivity contribution in [3.8, 4) is 0 Å². The van der Waals surface area contributed by atoms with E-state index in [0.29, 0.717) is 16.6 Å². The van der Waals surface area contributed by atoms with Crippen LogP contribution in [0.15, 0.2) is 36.4 Å². The fourth-order valence-corrected chi connectivity index (χ4v) is 1.91.